The van der Waals surface area contributed by atoms with Crippen molar-refractivity contribution in [3.8, 4) is 0 Å². The first kappa shape index (κ1) is 14.2. The fourth-order valence-electron chi connectivity index (χ4n) is 1.61. The topological polar surface area (TPSA) is 55.4 Å². The number of benzene rings is 1. The minimum atomic E-state index is -0.722. The van der Waals surface area contributed by atoms with Crippen LogP contribution in [0.15, 0.2) is 30.3 Å². The maximum atomic E-state index is 11.7. The second kappa shape index (κ2) is 7.48. The van der Waals surface area contributed by atoms with Gasteiger partial charge in [0.15, 0.2) is 6.04 Å². The molecule has 0 spiro atoms. The van der Waals surface area contributed by atoms with Crippen molar-refractivity contribution < 1.29 is 14.3 Å². The lowest BCUT2D eigenvalue weighted by molar-refractivity contribution is -0.145. The molecule has 1 unspecified atom stereocenters. The SMILES string of the molecule is CCCCC(=O)NC(C(=O)OC)c1ccccc1. The van der Waals surface area contributed by atoms with E-state index >= 15 is 0 Å². The van der Waals surface area contributed by atoms with Gasteiger partial charge in [-0.2, -0.15) is 0 Å². The van der Waals surface area contributed by atoms with E-state index in [-0.39, 0.29) is 5.91 Å². The third-order valence-electron chi connectivity index (χ3n) is 2.63. The van der Waals surface area contributed by atoms with E-state index in [0.29, 0.717) is 6.42 Å². The van der Waals surface area contributed by atoms with Gasteiger partial charge < -0.3 is 10.1 Å². The third kappa shape index (κ3) is 4.20. The lowest BCUT2D eigenvalue weighted by Crippen LogP contribution is -2.34. The number of hydrogen-bond acceptors (Lipinski definition) is 3. The molecule has 0 aliphatic carbocycles. The average molecular weight is 249 g/mol. The zero-order valence-electron chi connectivity index (χ0n) is 10.8. The zero-order valence-corrected chi connectivity index (χ0v) is 10.8. The zero-order chi connectivity index (χ0) is 13.4. The molecule has 1 aromatic carbocycles. The quantitative estimate of drug-likeness (QED) is 0.786. The number of rotatable bonds is 6. The highest BCUT2D eigenvalue weighted by molar-refractivity contribution is 5.85. The highest BCUT2D eigenvalue weighted by atomic mass is 16.5. The molecule has 4 nitrogen and oxygen atoms in total. The number of esters is 1. The Labute approximate surface area is 107 Å². The van der Waals surface area contributed by atoms with Crippen molar-refractivity contribution in [2.75, 3.05) is 7.11 Å². The molecule has 1 rings (SSSR count). The van der Waals surface area contributed by atoms with Crippen LogP contribution < -0.4 is 5.32 Å². The maximum absolute atomic E-state index is 11.7. The number of carbonyl (C=O) groups excluding carboxylic acids is 2. The number of hydrogen-bond donors (Lipinski definition) is 1. The van der Waals surface area contributed by atoms with Gasteiger partial charge in [0.2, 0.25) is 5.91 Å². The summed E-state index contributed by atoms with van der Waals surface area (Å²) in [6.07, 6.45) is 2.19. The Kier molecular flexibility index (Phi) is 5.91. The van der Waals surface area contributed by atoms with Gasteiger partial charge >= 0.3 is 5.97 Å². The molecule has 0 heterocycles. The molecule has 0 aliphatic rings. The van der Waals surface area contributed by atoms with Gasteiger partial charge in [-0.25, -0.2) is 4.79 Å². The molecular formula is C14H19NO3. The minimum Gasteiger partial charge on any atom is -0.467 e. The predicted molar refractivity (Wildman–Crippen MR) is 68.9 cm³/mol. The standard InChI is InChI=1S/C14H19NO3/c1-3-4-10-12(16)15-13(14(17)18-2)11-8-6-5-7-9-11/h5-9,13H,3-4,10H2,1-2H3,(H,15,16). The lowest BCUT2D eigenvalue weighted by Gasteiger charge is -2.16. The van der Waals surface area contributed by atoms with Crippen molar-refractivity contribution in [3.05, 3.63) is 35.9 Å². The lowest BCUT2D eigenvalue weighted by atomic mass is 10.1. The summed E-state index contributed by atoms with van der Waals surface area (Å²) in [6.45, 7) is 2.02. The summed E-state index contributed by atoms with van der Waals surface area (Å²) >= 11 is 0. The van der Waals surface area contributed by atoms with Gasteiger partial charge in [-0.15, -0.1) is 0 Å². The van der Waals surface area contributed by atoms with E-state index in [4.69, 9.17) is 4.74 Å². The molecule has 0 bridgehead atoms. The van der Waals surface area contributed by atoms with Crippen LogP contribution in [0.1, 0.15) is 37.8 Å². The second-order valence-corrected chi connectivity index (χ2v) is 4.04. The van der Waals surface area contributed by atoms with Gasteiger partial charge in [-0.3, -0.25) is 4.79 Å². The van der Waals surface area contributed by atoms with E-state index in [1.165, 1.54) is 7.11 Å². The predicted octanol–water partition coefficient (Wildman–Crippen LogP) is 2.21. The van der Waals surface area contributed by atoms with Crippen molar-refractivity contribution in [2.45, 2.75) is 32.2 Å². The van der Waals surface area contributed by atoms with Gasteiger partial charge in [-0.05, 0) is 12.0 Å². The molecule has 1 aromatic rings. The van der Waals surface area contributed by atoms with E-state index in [1.54, 1.807) is 12.1 Å². The first-order valence-electron chi connectivity index (χ1n) is 6.11. The van der Waals surface area contributed by atoms with Crippen molar-refractivity contribution >= 4 is 11.9 Å². The summed E-state index contributed by atoms with van der Waals surface area (Å²) in [5.41, 5.74) is 0.731. The molecule has 0 radical (unpaired) electrons. The number of amides is 1. The third-order valence-corrected chi connectivity index (χ3v) is 2.63. The monoisotopic (exact) mass is 249 g/mol. The van der Waals surface area contributed by atoms with Crippen LogP contribution in [0.25, 0.3) is 0 Å². The number of unbranched alkanes of at least 4 members (excludes halogenated alkanes) is 1. The van der Waals surface area contributed by atoms with Crippen molar-refractivity contribution in [3.63, 3.8) is 0 Å². The number of methoxy groups -OCH3 is 1. The number of nitrogens with one attached hydrogen (secondary N) is 1. The minimum absolute atomic E-state index is 0.129. The van der Waals surface area contributed by atoms with Crippen LogP contribution in [0.4, 0.5) is 0 Å². The molecule has 0 saturated heterocycles. The maximum Gasteiger partial charge on any atom is 0.333 e. The Bertz CT molecular complexity index is 389. The van der Waals surface area contributed by atoms with Crippen LogP contribution in [0, 0.1) is 0 Å². The van der Waals surface area contributed by atoms with E-state index in [1.807, 2.05) is 25.1 Å². The van der Waals surface area contributed by atoms with Gasteiger partial charge in [0, 0.05) is 6.42 Å². The Balaban J connectivity index is 2.74. The largest absolute Gasteiger partial charge is 0.467 e. The summed E-state index contributed by atoms with van der Waals surface area (Å²) in [5, 5.41) is 2.71. The highest BCUT2D eigenvalue weighted by Gasteiger charge is 2.22. The van der Waals surface area contributed by atoms with Crippen LogP contribution in [0.5, 0.6) is 0 Å². The summed E-state index contributed by atoms with van der Waals surface area (Å²) in [6, 6.07) is 8.37. The van der Waals surface area contributed by atoms with Crippen molar-refractivity contribution in [2.24, 2.45) is 0 Å². The molecule has 4 heteroatoms. The van der Waals surface area contributed by atoms with E-state index < -0.39 is 12.0 Å². The summed E-state index contributed by atoms with van der Waals surface area (Å²) in [5.74, 6) is -0.581. The molecule has 98 valence electrons. The van der Waals surface area contributed by atoms with E-state index in [2.05, 4.69) is 5.32 Å². The molecule has 1 N–H and O–H groups in total. The van der Waals surface area contributed by atoms with Crippen LogP contribution in [0.3, 0.4) is 0 Å². The molecule has 1 amide bonds. The van der Waals surface area contributed by atoms with Gasteiger partial charge in [0.25, 0.3) is 0 Å². The first-order valence-corrected chi connectivity index (χ1v) is 6.11. The summed E-state index contributed by atoms with van der Waals surface area (Å²) < 4.78 is 4.72. The Hall–Kier alpha value is -1.84. The van der Waals surface area contributed by atoms with E-state index in [9.17, 15) is 9.59 Å². The molecule has 0 aliphatic heterocycles. The number of carbonyl (C=O) groups is 2. The van der Waals surface area contributed by atoms with Crippen LogP contribution in [0.2, 0.25) is 0 Å². The summed E-state index contributed by atoms with van der Waals surface area (Å²) in [4.78, 5) is 23.4. The average Bonchev–Trinajstić information content (AvgIpc) is 2.42. The van der Waals surface area contributed by atoms with Gasteiger partial charge in [0.1, 0.15) is 0 Å². The van der Waals surface area contributed by atoms with Crippen molar-refractivity contribution in [1.29, 1.82) is 0 Å². The van der Waals surface area contributed by atoms with Crippen LogP contribution >= 0.6 is 0 Å². The van der Waals surface area contributed by atoms with Crippen LogP contribution in [-0.4, -0.2) is 19.0 Å². The molecule has 0 aromatic heterocycles. The molecule has 18 heavy (non-hydrogen) atoms. The molecule has 0 fully saturated rings. The highest BCUT2D eigenvalue weighted by Crippen LogP contribution is 2.14. The fourth-order valence-corrected chi connectivity index (χ4v) is 1.61. The normalized spacial score (nSPS) is 11.7. The molecule has 0 saturated carbocycles. The Morgan fingerprint density at radius 1 is 1.28 bits per heavy atom. The molecule has 1 atom stereocenters. The second-order valence-electron chi connectivity index (χ2n) is 4.04. The Morgan fingerprint density at radius 2 is 1.94 bits per heavy atom. The number of ether oxygens (including phenoxy) is 1. The van der Waals surface area contributed by atoms with Gasteiger partial charge in [-0.1, -0.05) is 43.7 Å². The summed E-state index contributed by atoms with van der Waals surface area (Å²) in [7, 11) is 1.32. The van der Waals surface area contributed by atoms with Gasteiger partial charge in [0.05, 0.1) is 7.11 Å². The molecular weight excluding hydrogens is 230 g/mol. The van der Waals surface area contributed by atoms with Crippen molar-refractivity contribution in [1.82, 2.24) is 5.32 Å². The van der Waals surface area contributed by atoms with Crippen LogP contribution in [-0.2, 0) is 14.3 Å². The van der Waals surface area contributed by atoms with E-state index in [0.717, 1.165) is 18.4 Å². The fraction of sp³-hybridized carbons (Fsp3) is 0.429. The Morgan fingerprint density at radius 3 is 2.50 bits per heavy atom. The first-order chi connectivity index (χ1) is 8.69. The smallest absolute Gasteiger partial charge is 0.333 e.